The highest BCUT2D eigenvalue weighted by atomic mass is 35.5. The van der Waals surface area contributed by atoms with E-state index in [1.54, 1.807) is 38.1 Å². The monoisotopic (exact) mass is 416 g/mol. The molecular formula is C21H25ClN4O3. The Morgan fingerprint density at radius 1 is 1.17 bits per heavy atom. The number of hydrogen-bond acceptors (Lipinski definition) is 6. The molecule has 154 valence electrons. The number of carbonyl (C=O) groups excluding carboxylic acids is 1. The second kappa shape index (κ2) is 8.16. The summed E-state index contributed by atoms with van der Waals surface area (Å²) in [5.41, 5.74) is 1.01. The number of aromatic nitrogens is 2. The predicted molar refractivity (Wildman–Crippen MR) is 110 cm³/mol. The van der Waals surface area contributed by atoms with Crippen LogP contribution in [0.2, 0.25) is 5.02 Å². The summed E-state index contributed by atoms with van der Waals surface area (Å²) in [7, 11) is 0. The van der Waals surface area contributed by atoms with Gasteiger partial charge in [0.05, 0.1) is 25.5 Å². The number of benzene rings is 1. The number of ether oxygens (including phenoxy) is 2. The van der Waals surface area contributed by atoms with Gasteiger partial charge >= 0.3 is 0 Å². The molecule has 0 radical (unpaired) electrons. The highest BCUT2D eigenvalue weighted by molar-refractivity contribution is 6.30. The largest absolute Gasteiger partial charge is 0.478 e. The summed E-state index contributed by atoms with van der Waals surface area (Å²) in [6.45, 7) is 7.59. The number of anilines is 1. The maximum atomic E-state index is 13.2. The van der Waals surface area contributed by atoms with Gasteiger partial charge < -0.3 is 19.3 Å². The Hall–Kier alpha value is -2.38. The van der Waals surface area contributed by atoms with Gasteiger partial charge in [-0.25, -0.2) is 9.97 Å². The van der Waals surface area contributed by atoms with Crippen molar-refractivity contribution in [2.75, 3.05) is 37.7 Å². The molecule has 0 N–H and O–H groups in total. The lowest BCUT2D eigenvalue weighted by atomic mass is 10.0. The van der Waals surface area contributed by atoms with E-state index >= 15 is 0 Å². The number of fused-ring (bicyclic) bond motifs is 1. The summed E-state index contributed by atoms with van der Waals surface area (Å²) >= 11 is 5.93. The summed E-state index contributed by atoms with van der Waals surface area (Å²) in [6, 6.07) is 7.03. The lowest BCUT2D eigenvalue weighted by Gasteiger charge is -2.35. The Morgan fingerprint density at radius 2 is 1.90 bits per heavy atom. The number of rotatable bonds is 4. The van der Waals surface area contributed by atoms with Crippen LogP contribution < -0.4 is 9.64 Å². The molecule has 7 nitrogen and oxygen atoms in total. The zero-order valence-corrected chi connectivity index (χ0v) is 17.5. The molecule has 1 fully saturated rings. The normalized spacial score (nSPS) is 17.1. The minimum atomic E-state index is -0.995. The minimum absolute atomic E-state index is 0.0652. The van der Waals surface area contributed by atoms with E-state index < -0.39 is 5.60 Å². The van der Waals surface area contributed by atoms with Gasteiger partial charge in [0.25, 0.3) is 5.91 Å². The molecule has 0 bridgehead atoms. The third-order valence-electron chi connectivity index (χ3n) is 5.22. The summed E-state index contributed by atoms with van der Waals surface area (Å²) in [5, 5.41) is 0.630. The van der Waals surface area contributed by atoms with Gasteiger partial charge in [-0.05, 0) is 50.1 Å². The Bertz CT molecular complexity index is 882. The number of amides is 1. The lowest BCUT2D eigenvalue weighted by Crippen LogP contribution is -2.50. The van der Waals surface area contributed by atoms with Crippen molar-refractivity contribution >= 4 is 23.5 Å². The lowest BCUT2D eigenvalue weighted by molar-refractivity contribution is -0.146. The maximum absolute atomic E-state index is 13.2. The first-order valence-electron chi connectivity index (χ1n) is 9.84. The molecule has 0 saturated carbocycles. The molecule has 0 spiro atoms. The quantitative estimate of drug-likeness (QED) is 0.763. The van der Waals surface area contributed by atoms with Crippen molar-refractivity contribution in [3.8, 4) is 5.75 Å². The van der Waals surface area contributed by atoms with Gasteiger partial charge in [0.1, 0.15) is 5.75 Å². The zero-order valence-electron chi connectivity index (χ0n) is 16.7. The second-order valence-electron chi connectivity index (χ2n) is 7.78. The van der Waals surface area contributed by atoms with Gasteiger partial charge in [-0.1, -0.05) is 11.6 Å². The fourth-order valence-corrected chi connectivity index (χ4v) is 3.73. The molecule has 2 aliphatic heterocycles. The maximum Gasteiger partial charge on any atom is 0.266 e. The van der Waals surface area contributed by atoms with E-state index in [4.69, 9.17) is 26.1 Å². The van der Waals surface area contributed by atoms with E-state index in [0.717, 1.165) is 30.8 Å². The first-order valence-corrected chi connectivity index (χ1v) is 10.2. The third-order valence-corrected chi connectivity index (χ3v) is 5.47. The van der Waals surface area contributed by atoms with E-state index in [0.29, 0.717) is 43.0 Å². The molecule has 2 aliphatic rings. The minimum Gasteiger partial charge on any atom is -0.478 e. The molecule has 1 saturated heterocycles. The molecule has 1 aromatic carbocycles. The number of morpholine rings is 1. The first kappa shape index (κ1) is 19.9. The average Bonchev–Trinajstić information content (AvgIpc) is 2.74. The highest BCUT2D eigenvalue weighted by Crippen LogP contribution is 2.26. The molecule has 4 rings (SSSR count). The molecule has 0 aliphatic carbocycles. The molecule has 0 atom stereocenters. The summed E-state index contributed by atoms with van der Waals surface area (Å²) < 4.78 is 11.4. The van der Waals surface area contributed by atoms with Crippen molar-refractivity contribution in [1.29, 1.82) is 0 Å². The third kappa shape index (κ3) is 4.46. The van der Waals surface area contributed by atoms with Crippen LogP contribution in [-0.4, -0.2) is 59.2 Å². The Labute approximate surface area is 175 Å². The van der Waals surface area contributed by atoms with Crippen molar-refractivity contribution in [2.24, 2.45) is 0 Å². The molecule has 1 amide bonds. The summed E-state index contributed by atoms with van der Waals surface area (Å²) in [6.07, 6.45) is 2.63. The van der Waals surface area contributed by atoms with Gasteiger partial charge in [0.2, 0.25) is 5.95 Å². The van der Waals surface area contributed by atoms with E-state index in [9.17, 15) is 4.79 Å². The Balaban J connectivity index is 1.47. The zero-order chi connectivity index (χ0) is 20.4. The average molecular weight is 417 g/mol. The molecule has 29 heavy (non-hydrogen) atoms. The molecule has 3 heterocycles. The fraction of sp³-hybridized carbons (Fsp3) is 0.476. The fourth-order valence-electron chi connectivity index (χ4n) is 3.60. The first-order chi connectivity index (χ1) is 13.9. The van der Waals surface area contributed by atoms with Crippen LogP contribution in [0.5, 0.6) is 5.75 Å². The number of hydrogen-bond donors (Lipinski definition) is 0. The van der Waals surface area contributed by atoms with E-state index in [-0.39, 0.29) is 5.91 Å². The smallest absolute Gasteiger partial charge is 0.266 e. The predicted octanol–water partition coefficient (Wildman–Crippen LogP) is 2.71. The number of halogens is 1. The van der Waals surface area contributed by atoms with Crippen LogP contribution >= 0.6 is 11.6 Å². The van der Waals surface area contributed by atoms with Crippen molar-refractivity contribution < 1.29 is 14.3 Å². The van der Waals surface area contributed by atoms with Crippen LogP contribution in [-0.2, 0) is 22.5 Å². The molecule has 2 aromatic rings. The van der Waals surface area contributed by atoms with Crippen LogP contribution in [0, 0.1) is 0 Å². The van der Waals surface area contributed by atoms with E-state index in [2.05, 4.69) is 9.88 Å². The molecule has 1 aromatic heterocycles. The van der Waals surface area contributed by atoms with Gasteiger partial charge in [-0.3, -0.25) is 4.79 Å². The van der Waals surface area contributed by atoms with Gasteiger partial charge in [-0.2, -0.15) is 0 Å². The molecule has 0 unspecified atom stereocenters. The topological polar surface area (TPSA) is 67.8 Å². The highest BCUT2D eigenvalue weighted by Gasteiger charge is 2.36. The number of nitrogens with zero attached hydrogens (tertiary/aromatic N) is 4. The second-order valence-corrected chi connectivity index (χ2v) is 8.22. The SMILES string of the molecule is CC(C)(Oc1ccc(Cl)cc1)C(=O)N1CCc2cnc(N3CCOCC3)nc2C1. The van der Waals surface area contributed by atoms with Crippen LogP contribution in [0.25, 0.3) is 0 Å². The van der Waals surface area contributed by atoms with Crippen molar-refractivity contribution in [3.63, 3.8) is 0 Å². The van der Waals surface area contributed by atoms with Crippen LogP contribution in [0.3, 0.4) is 0 Å². The molecule has 8 heteroatoms. The number of carbonyl (C=O) groups is 1. The Kier molecular flexibility index (Phi) is 5.61. The van der Waals surface area contributed by atoms with Crippen LogP contribution in [0.4, 0.5) is 5.95 Å². The van der Waals surface area contributed by atoms with Gasteiger partial charge in [-0.15, -0.1) is 0 Å². The standard InChI is InChI=1S/C21H25ClN4O3/c1-21(2,29-17-5-3-16(22)4-6-17)19(27)26-8-7-15-13-23-20(24-18(15)14-26)25-9-11-28-12-10-25/h3-6,13H,7-12,14H2,1-2H3. The Morgan fingerprint density at radius 3 is 2.62 bits per heavy atom. The van der Waals surface area contributed by atoms with Crippen LogP contribution in [0.15, 0.2) is 30.5 Å². The van der Waals surface area contributed by atoms with Gasteiger partial charge in [0, 0.05) is 30.9 Å². The summed E-state index contributed by atoms with van der Waals surface area (Å²) in [5.74, 6) is 1.25. The van der Waals surface area contributed by atoms with Gasteiger partial charge in [0.15, 0.2) is 5.60 Å². The van der Waals surface area contributed by atoms with Crippen LogP contribution in [0.1, 0.15) is 25.1 Å². The van der Waals surface area contributed by atoms with E-state index in [1.165, 1.54) is 0 Å². The van der Waals surface area contributed by atoms with Crippen molar-refractivity contribution in [2.45, 2.75) is 32.4 Å². The van der Waals surface area contributed by atoms with E-state index in [1.807, 2.05) is 11.1 Å². The van der Waals surface area contributed by atoms with Crippen molar-refractivity contribution in [3.05, 3.63) is 46.7 Å². The summed E-state index contributed by atoms with van der Waals surface area (Å²) in [4.78, 5) is 26.4. The van der Waals surface area contributed by atoms with Crippen molar-refractivity contribution in [1.82, 2.24) is 14.9 Å². The molecular weight excluding hydrogens is 392 g/mol.